The smallest absolute Gasteiger partial charge is 0.189 e. The van der Waals surface area contributed by atoms with Crippen LogP contribution in [0, 0.1) is 11.8 Å². The number of guanidine groups is 1. The normalized spacial score (nSPS) is 35.4. The first-order valence-corrected chi connectivity index (χ1v) is 7.75. The summed E-state index contributed by atoms with van der Waals surface area (Å²) in [5.74, 6) is 2.35. The summed E-state index contributed by atoms with van der Waals surface area (Å²) in [6.07, 6.45) is 10.3. The molecule has 18 heavy (non-hydrogen) atoms. The molecule has 0 aromatic carbocycles. The van der Waals surface area contributed by atoms with Gasteiger partial charge in [-0.3, -0.25) is 4.99 Å². The van der Waals surface area contributed by atoms with E-state index in [1.54, 1.807) is 0 Å². The van der Waals surface area contributed by atoms with Crippen LogP contribution in [-0.4, -0.2) is 18.0 Å². The fourth-order valence-corrected chi connectivity index (χ4v) is 3.33. The largest absolute Gasteiger partial charge is 0.370 e. The molecule has 2 aliphatic rings. The maximum Gasteiger partial charge on any atom is 0.189 e. The average Bonchev–Trinajstić information content (AvgIpc) is 2.35. The predicted octanol–water partition coefficient (Wildman–Crippen LogP) is 3.05. The van der Waals surface area contributed by atoms with Crippen molar-refractivity contribution in [2.75, 3.05) is 0 Å². The summed E-state index contributed by atoms with van der Waals surface area (Å²) in [4.78, 5) is 4.66. The van der Waals surface area contributed by atoms with Crippen LogP contribution >= 0.6 is 0 Å². The maximum absolute atomic E-state index is 6.05. The van der Waals surface area contributed by atoms with E-state index < -0.39 is 0 Å². The SMILES string of the molecule is CC1CCC(NC(N)=NC2CCCCC2)CC1C. The summed E-state index contributed by atoms with van der Waals surface area (Å²) in [7, 11) is 0. The van der Waals surface area contributed by atoms with E-state index in [4.69, 9.17) is 5.73 Å². The maximum atomic E-state index is 6.05. The van der Waals surface area contributed by atoms with E-state index in [1.807, 2.05) is 0 Å². The van der Waals surface area contributed by atoms with Crippen LogP contribution in [0.25, 0.3) is 0 Å². The molecule has 104 valence electrons. The highest BCUT2D eigenvalue weighted by Crippen LogP contribution is 2.29. The van der Waals surface area contributed by atoms with E-state index in [-0.39, 0.29) is 0 Å². The first-order chi connectivity index (χ1) is 8.65. The van der Waals surface area contributed by atoms with E-state index in [9.17, 15) is 0 Å². The molecule has 2 aliphatic carbocycles. The Balaban J connectivity index is 1.79. The first kappa shape index (κ1) is 13.7. The van der Waals surface area contributed by atoms with Crippen LogP contribution in [0.15, 0.2) is 4.99 Å². The Labute approximate surface area is 112 Å². The monoisotopic (exact) mass is 251 g/mol. The second-order valence-corrected chi connectivity index (χ2v) is 6.42. The topological polar surface area (TPSA) is 50.4 Å². The van der Waals surface area contributed by atoms with Gasteiger partial charge in [0.1, 0.15) is 0 Å². The molecule has 0 amide bonds. The van der Waals surface area contributed by atoms with Crippen molar-refractivity contribution >= 4 is 5.96 Å². The number of nitrogens with two attached hydrogens (primary N) is 1. The van der Waals surface area contributed by atoms with Crippen LogP contribution in [0.1, 0.15) is 65.2 Å². The van der Waals surface area contributed by atoms with E-state index >= 15 is 0 Å². The zero-order chi connectivity index (χ0) is 13.0. The summed E-state index contributed by atoms with van der Waals surface area (Å²) in [6, 6.07) is 1.02. The zero-order valence-corrected chi connectivity index (χ0v) is 12.0. The van der Waals surface area contributed by atoms with Crippen LogP contribution in [0.3, 0.4) is 0 Å². The minimum absolute atomic E-state index is 0.478. The molecule has 3 atom stereocenters. The molecular weight excluding hydrogens is 222 g/mol. The molecule has 2 fully saturated rings. The van der Waals surface area contributed by atoms with E-state index in [1.165, 1.54) is 51.4 Å². The minimum atomic E-state index is 0.478. The molecule has 0 aromatic heterocycles. The summed E-state index contributed by atoms with van der Waals surface area (Å²) >= 11 is 0. The second-order valence-electron chi connectivity index (χ2n) is 6.42. The molecule has 2 rings (SSSR count). The van der Waals surface area contributed by atoms with Crippen LogP contribution in [0.4, 0.5) is 0 Å². The third kappa shape index (κ3) is 3.89. The Morgan fingerprint density at radius 1 is 1.00 bits per heavy atom. The van der Waals surface area contributed by atoms with Gasteiger partial charge in [0.2, 0.25) is 0 Å². The fourth-order valence-electron chi connectivity index (χ4n) is 3.33. The van der Waals surface area contributed by atoms with E-state index in [0.717, 1.165) is 11.8 Å². The Bertz CT molecular complexity index is 281. The molecule has 3 N–H and O–H groups in total. The molecule has 0 aliphatic heterocycles. The van der Waals surface area contributed by atoms with Crippen molar-refractivity contribution in [3.63, 3.8) is 0 Å². The van der Waals surface area contributed by atoms with Gasteiger partial charge >= 0.3 is 0 Å². The number of hydrogen-bond acceptors (Lipinski definition) is 1. The fraction of sp³-hybridized carbons (Fsp3) is 0.933. The number of rotatable bonds is 2. The molecule has 0 bridgehead atoms. The lowest BCUT2D eigenvalue weighted by Crippen LogP contribution is -2.44. The Morgan fingerprint density at radius 3 is 2.39 bits per heavy atom. The van der Waals surface area contributed by atoms with Gasteiger partial charge in [-0.15, -0.1) is 0 Å². The number of nitrogens with one attached hydrogen (secondary N) is 1. The number of hydrogen-bond donors (Lipinski definition) is 2. The summed E-state index contributed by atoms with van der Waals surface area (Å²) in [5, 5.41) is 3.44. The molecule has 3 unspecified atom stereocenters. The van der Waals surface area contributed by atoms with Gasteiger partial charge in [0, 0.05) is 6.04 Å². The van der Waals surface area contributed by atoms with Crippen molar-refractivity contribution in [3.05, 3.63) is 0 Å². The molecule has 0 spiro atoms. The predicted molar refractivity (Wildman–Crippen MR) is 77.6 cm³/mol. The van der Waals surface area contributed by atoms with Crippen molar-refractivity contribution in [1.29, 1.82) is 0 Å². The van der Waals surface area contributed by atoms with Gasteiger partial charge in [-0.2, -0.15) is 0 Å². The highest BCUT2D eigenvalue weighted by molar-refractivity contribution is 5.78. The Kier molecular flexibility index (Phi) is 4.90. The number of aliphatic imine (C=N–C) groups is 1. The average molecular weight is 251 g/mol. The van der Waals surface area contributed by atoms with E-state index in [0.29, 0.717) is 18.0 Å². The van der Waals surface area contributed by atoms with Gasteiger partial charge in [0.15, 0.2) is 5.96 Å². The standard InChI is InChI=1S/C15H29N3/c1-11-8-9-14(10-12(11)2)18-15(16)17-13-6-4-3-5-7-13/h11-14H,3-10H2,1-2H3,(H3,16,17,18). The second kappa shape index (κ2) is 6.44. The van der Waals surface area contributed by atoms with Gasteiger partial charge in [-0.1, -0.05) is 33.1 Å². The molecule has 2 saturated carbocycles. The molecule has 0 radical (unpaired) electrons. The summed E-state index contributed by atoms with van der Waals surface area (Å²) in [6.45, 7) is 4.72. The molecular formula is C15H29N3. The van der Waals surface area contributed by atoms with Gasteiger partial charge in [0.05, 0.1) is 6.04 Å². The van der Waals surface area contributed by atoms with Crippen molar-refractivity contribution < 1.29 is 0 Å². The van der Waals surface area contributed by atoms with Crippen LogP contribution < -0.4 is 11.1 Å². The van der Waals surface area contributed by atoms with Crippen LogP contribution in [-0.2, 0) is 0 Å². The highest BCUT2D eigenvalue weighted by atomic mass is 15.1. The summed E-state index contributed by atoms with van der Waals surface area (Å²) < 4.78 is 0. The third-order valence-corrected chi connectivity index (χ3v) is 4.85. The summed E-state index contributed by atoms with van der Waals surface area (Å²) in [5.41, 5.74) is 6.05. The van der Waals surface area contributed by atoms with Crippen LogP contribution in [0.5, 0.6) is 0 Å². The van der Waals surface area contributed by atoms with Gasteiger partial charge in [-0.05, 0) is 43.9 Å². The lowest BCUT2D eigenvalue weighted by Gasteiger charge is -2.33. The van der Waals surface area contributed by atoms with Crippen LogP contribution in [0.2, 0.25) is 0 Å². The van der Waals surface area contributed by atoms with Gasteiger partial charge in [-0.25, -0.2) is 0 Å². The number of nitrogens with zero attached hydrogens (tertiary/aromatic N) is 1. The molecule has 3 nitrogen and oxygen atoms in total. The quantitative estimate of drug-likeness (QED) is 0.585. The van der Waals surface area contributed by atoms with Gasteiger partial charge < -0.3 is 11.1 Å². The lowest BCUT2D eigenvalue weighted by molar-refractivity contribution is 0.240. The molecule has 0 heterocycles. The Morgan fingerprint density at radius 2 is 1.72 bits per heavy atom. The first-order valence-electron chi connectivity index (χ1n) is 7.75. The van der Waals surface area contributed by atoms with E-state index in [2.05, 4.69) is 24.2 Å². The zero-order valence-electron chi connectivity index (χ0n) is 12.0. The van der Waals surface area contributed by atoms with Crippen molar-refractivity contribution in [1.82, 2.24) is 5.32 Å². The van der Waals surface area contributed by atoms with Crippen molar-refractivity contribution in [3.8, 4) is 0 Å². The molecule has 0 saturated heterocycles. The third-order valence-electron chi connectivity index (χ3n) is 4.85. The molecule has 3 heteroatoms. The lowest BCUT2D eigenvalue weighted by atomic mass is 9.79. The minimum Gasteiger partial charge on any atom is -0.370 e. The van der Waals surface area contributed by atoms with Gasteiger partial charge in [0.25, 0.3) is 0 Å². The van der Waals surface area contributed by atoms with Crippen molar-refractivity contribution in [2.45, 2.75) is 77.3 Å². The molecule has 0 aromatic rings. The van der Waals surface area contributed by atoms with Crippen molar-refractivity contribution in [2.24, 2.45) is 22.6 Å². The highest BCUT2D eigenvalue weighted by Gasteiger charge is 2.24. The Hall–Kier alpha value is -0.730.